The number of hydrogen-bond donors (Lipinski definition) is 3. The van der Waals surface area contributed by atoms with Crippen LogP contribution in [0.2, 0.25) is 0 Å². The highest BCUT2D eigenvalue weighted by Gasteiger charge is 2.30. The monoisotopic (exact) mass is 1490 g/mol. The van der Waals surface area contributed by atoms with Gasteiger partial charge in [0.25, 0.3) is 0 Å². The van der Waals surface area contributed by atoms with Crippen LogP contribution < -0.4 is 0 Å². The summed E-state index contributed by atoms with van der Waals surface area (Å²) >= 11 is 0. The van der Waals surface area contributed by atoms with Crippen LogP contribution in [0.3, 0.4) is 0 Å². The maximum Gasteiger partial charge on any atom is 0.472 e. The molecule has 0 bridgehead atoms. The smallest absolute Gasteiger partial charge is 0.462 e. The van der Waals surface area contributed by atoms with Crippen molar-refractivity contribution in [3.63, 3.8) is 0 Å². The number of phosphoric ester groups is 2. The van der Waals surface area contributed by atoms with Gasteiger partial charge in [-0.3, -0.25) is 37.3 Å². The topological polar surface area (TPSA) is 237 Å². The van der Waals surface area contributed by atoms with Crippen molar-refractivity contribution < 1.29 is 80.2 Å². The van der Waals surface area contributed by atoms with Crippen LogP contribution in [0.5, 0.6) is 0 Å². The minimum atomic E-state index is -5.02. The first kappa shape index (κ1) is 98.2. The number of phosphoric acid groups is 2. The maximum absolute atomic E-state index is 13.1. The standard InChI is InChI=1S/C85H136O17P2/c1-5-9-13-17-21-25-29-33-36-38-39-41-44-47-50-54-58-62-66-70-83(88)96-76-81(102-85(90)72-68-64-60-56-52-48-42-35-31-27-23-19-15-11-7-3)78-100-104(93,94)98-74-79(86)73-97-103(91,92)99-77-80(101-84(89)71-67-63-59-55-51-45-32-28-24-20-16-12-8-4)75-95-82(87)69-65-61-57-53-49-46-43-40-37-34-30-26-22-18-14-10-6-2/h9-11,13-16,20-23,25-28,32-37,39,41-42,47,50,52,56,64,68,79-81,86H,5-8,12,17-19,24,29-31,38,40,43-46,48-49,51,53-55,57-63,65-67,69-78H2,1-4H3,(H,91,92)(H,93,94)/b13-9-,14-10-,15-11-,20-16-,25-21-,26-22-,27-23-,32-28-,36-33-,37-34-,41-39-,42-35-,50-47-,56-52-,68-64-. The summed E-state index contributed by atoms with van der Waals surface area (Å²) < 4.78 is 68.4. The number of rotatable bonds is 71. The summed E-state index contributed by atoms with van der Waals surface area (Å²) in [7, 11) is -10.0. The van der Waals surface area contributed by atoms with E-state index in [1.807, 2.05) is 12.2 Å². The van der Waals surface area contributed by atoms with Crippen molar-refractivity contribution in [2.75, 3.05) is 39.6 Å². The Morgan fingerprint density at radius 2 is 0.538 bits per heavy atom. The van der Waals surface area contributed by atoms with Gasteiger partial charge >= 0.3 is 39.5 Å². The Bertz CT molecular complexity index is 2690. The van der Waals surface area contributed by atoms with Crippen LogP contribution in [0, 0.1) is 0 Å². The third-order valence-corrected chi connectivity index (χ3v) is 17.3. The summed E-state index contributed by atoms with van der Waals surface area (Å²) in [6.07, 6.45) is 90.5. The molecule has 0 aromatic heterocycles. The van der Waals surface area contributed by atoms with E-state index in [0.29, 0.717) is 25.7 Å². The van der Waals surface area contributed by atoms with Gasteiger partial charge in [-0.1, -0.05) is 274 Å². The number of ether oxygens (including phenoxy) is 4. The fraction of sp³-hybridized carbons (Fsp3) is 0.600. The van der Waals surface area contributed by atoms with E-state index < -0.39 is 97.5 Å². The second-order valence-corrected chi connectivity index (χ2v) is 28.1. The van der Waals surface area contributed by atoms with Crippen LogP contribution in [-0.2, 0) is 65.4 Å². The van der Waals surface area contributed by atoms with Crippen molar-refractivity contribution in [1.29, 1.82) is 0 Å². The molecule has 0 aromatic rings. The summed E-state index contributed by atoms with van der Waals surface area (Å²) in [5.74, 6) is -2.40. The first-order valence-corrected chi connectivity index (χ1v) is 42.0. The average Bonchev–Trinajstić information content (AvgIpc) is 0.911. The highest BCUT2D eigenvalue weighted by molar-refractivity contribution is 7.47. The molecule has 0 rings (SSSR count). The van der Waals surface area contributed by atoms with Gasteiger partial charge in [-0.25, -0.2) is 9.13 Å². The Hall–Kier alpha value is -5.84. The summed E-state index contributed by atoms with van der Waals surface area (Å²) in [5, 5.41) is 10.6. The minimum Gasteiger partial charge on any atom is -0.462 e. The molecule has 0 aliphatic rings. The first-order valence-electron chi connectivity index (χ1n) is 39.0. The second-order valence-electron chi connectivity index (χ2n) is 25.2. The molecule has 0 saturated heterocycles. The molecule has 0 amide bonds. The predicted octanol–water partition coefficient (Wildman–Crippen LogP) is 22.8. The molecule has 19 heteroatoms. The number of aliphatic hydroxyl groups excluding tert-OH is 1. The van der Waals surface area contributed by atoms with E-state index in [0.717, 1.165) is 193 Å². The van der Waals surface area contributed by atoms with Crippen molar-refractivity contribution in [2.24, 2.45) is 0 Å². The Morgan fingerprint density at radius 3 is 0.865 bits per heavy atom. The van der Waals surface area contributed by atoms with Crippen LogP contribution >= 0.6 is 15.6 Å². The summed E-state index contributed by atoms with van der Waals surface area (Å²) in [6, 6.07) is 0. The van der Waals surface area contributed by atoms with Crippen LogP contribution in [0.4, 0.5) is 0 Å². The molecule has 0 spiro atoms. The van der Waals surface area contributed by atoms with Gasteiger partial charge < -0.3 is 33.8 Å². The molecule has 5 unspecified atom stereocenters. The Kier molecular flexibility index (Phi) is 71.2. The summed E-state index contributed by atoms with van der Waals surface area (Å²) in [4.78, 5) is 72.9. The number of allylic oxidation sites excluding steroid dienone is 29. The van der Waals surface area contributed by atoms with Gasteiger partial charge in [0.1, 0.15) is 19.3 Å². The normalized spacial score (nSPS) is 14.9. The lowest BCUT2D eigenvalue weighted by atomic mass is 10.1. The summed E-state index contributed by atoms with van der Waals surface area (Å²) in [6.45, 7) is 4.26. The molecule has 104 heavy (non-hydrogen) atoms. The lowest BCUT2D eigenvalue weighted by molar-refractivity contribution is -0.161. The SMILES string of the molecule is CC/C=C\C/C=C\C/C=C\C/C=C\C/C=C\CCCCCC(=O)OCC(COP(=O)(O)OCC(O)COP(=O)(O)OCC(COC(=O)CCCCCCCCC/C=C\C/C=C\C/C=C\CC)OC(=O)CCCCCCC/C=C\C/C=C\CCC)OC(=O)C/C=C\C/C=C\C/C=C\C/C=C\C/C=C\CC. The van der Waals surface area contributed by atoms with Gasteiger partial charge in [0.05, 0.1) is 32.8 Å². The molecule has 3 N–H and O–H groups in total. The zero-order valence-corrected chi connectivity index (χ0v) is 65.9. The number of hydrogen-bond acceptors (Lipinski definition) is 15. The van der Waals surface area contributed by atoms with Crippen molar-refractivity contribution in [3.8, 4) is 0 Å². The molecule has 0 heterocycles. The van der Waals surface area contributed by atoms with Crippen molar-refractivity contribution in [2.45, 2.75) is 290 Å². The fourth-order valence-corrected chi connectivity index (χ4v) is 11.1. The Labute approximate surface area is 628 Å². The fourth-order valence-electron chi connectivity index (χ4n) is 9.55. The number of carbonyl (C=O) groups excluding carboxylic acids is 4. The van der Waals surface area contributed by atoms with E-state index in [1.54, 1.807) is 12.2 Å². The molecular formula is C85H136O17P2. The van der Waals surface area contributed by atoms with Crippen LogP contribution in [0.25, 0.3) is 0 Å². The predicted molar refractivity (Wildman–Crippen MR) is 426 cm³/mol. The van der Waals surface area contributed by atoms with Crippen molar-refractivity contribution in [3.05, 3.63) is 182 Å². The quantitative estimate of drug-likeness (QED) is 0.0169. The lowest BCUT2D eigenvalue weighted by Crippen LogP contribution is -2.30. The van der Waals surface area contributed by atoms with Gasteiger partial charge in [-0.2, -0.15) is 0 Å². The van der Waals surface area contributed by atoms with E-state index in [2.05, 4.69) is 186 Å². The van der Waals surface area contributed by atoms with Gasteiger partial charge in [-0.15, -0.1) is 0 Å². The molecular weight excluding hydrogens is 1350 g/mol. The van der Waals surface area contributed by atoms with Crippen LogP contribution in [0.1, 0.15) is 272 Å². The van der Waals surface area contributed by atoms with Gasteiger partial charge in [0.15, 0.2) is 12.2 Å². The molecule has 5 atom stereocenters. The van der Waals surface area contributed by atoms with E-state index in [9.17, 15) is 43.2 Å². The van der Waals surface area contributed by atoms with E-state index in [-0.39, 0.29) is 25.7 Å². The van der Waals surface area contributed by atoms with E-state index >= 15 is 0 Å². The third kappa shape index (κ3) is 74.4. The molecule has 0 aliphatic heterocycles. The number of carbonyl (C=O) groups is 4. The highest BCUT2D eigenvalue weighted by Crippen LogP contribution is 2.45. The number of unbranched alkanes of at least 4 members (excludes halogenated alkanes) is 16. The lowest BCUT2D eigenvalue weighted by Gasteiger charge is -2.21. The zero-order chi connectivity index (χ0) is 76.0. The first-order chi connectivity index (χ1) is 50.7. The molecule has 588 valence electrons. The number of aliphatic hydroxyl groups is 1. The Morgan fingerprint density at radius 1 is 0.288 bits per heavy atom. The highest BCUT2D eigenvalue weighted by atomic mass is 31.2. The minimum absolute atomic E-state index is 0.0669. The Balaban J connectivity index is 5.47. The number of esters is 4. The van der Waals surface area contributed by atoms with Crippen LogP contribution in [-0.4, -0.2) is 96.7 Å². The maximum atomic E-state index is 13.1. The van der Waals surface area contributed by atoms with Crippen LogP contribution in [0.15, 0.2) is 182 Å². The van der Waals surface area contributed by atoms with Crippen molar-refractivity contribution in [1.82, 2.24) is 0 Å². The van der Waals surface area contributed by atoms with E-state index in [1.165, 1.54) is 0 Å². The molecule has 17 nitrogen and oxygen atoms in total. The van der Waals surface area contributed by atoms with E-state index in [4.69, 9.17) is 37.0 Å². The van der Waals surface area contributed by atoms with Gasteiger partial charge in [-0.05, 0) is 154 Å². The molecule has 0 radical (unpaired) electrons. The summed E-state index contributed by atoms with van der Waals surface area (Å²) in [5.41, 5.74) is 0. The third-order valence-electron chi connectivity index (χ3n) is 15.4. The average molecular weight is 1490 g/mol. The molecule has 0 saturated carbocycles. The molecule has 0 aliphatic carbocycles. The van der Waals surface area contributed by atoms with Gasteiger partial charge in [0.2, 0.25) is 0 Å². The second kappa shape index (κ2) is 75.4. The van der Waals surface area contributed by atoms with Gasteiger partial charge in [0, 0.05) is 19.3 Å². The molecule has 0 fully saturated rings. The zero-order valence-electron chi connectivity index (χ0n) is 64.1. The van der Waals surface area contributed by atoms with Crippen molar-refractivity contribution >= 4 is 39.5 Å². The molecule has 0 aromatic carbocycles. The largest absolute Gasteiger partial charge is 0.472 e.